The van der Waals surface area contributed by atoms with Crippen LogP contribution in [-0.4, -0.2) is 16.2 Å². The van der Waals surface area contributed by atoms with Gasteiger partial charge in [0.25, 0.3) is 0 Å². The van der Waals surface area contributed by atoms with Gasteiger partial charge < -0.3 is 10.2 Å². The maximum atomic E-state index is 9.01. The monoisotopic (exact) mass is 74.0 g/mol. The molecule has 0 aliphatic heterocycles. The number of hydrogen-bond donors (Lipinski definition) is 2. The Hall–Kier alpha value is -0.570. The highest BCUT2D eigenvalue weighted by Crippen LogP contribution is 1.58. The Morgan fingerprint density at radius 1 is 1.80 bits per heavy atom. The summed E-state index contributed by atoms with van der Waals surface area (Å²) in [5, 5.41) is 14.7. The third kappa shape index (κ3) is 3.43. The Kier molecular flexibility index (Phi) is 1.53. The van der Waals surface area contributed by atoms with Crippen molar-refractivity contribution in [1.29, 1.82) is 0 Å². The van der Waals surface area contributed by atoms with Gasteiger partial charge in [-0.1, -0.05) is 0 Å². The van der Waals surface area contributed by atoms with E-state index in [1.807, 2.05) is 0 Å². The van der Waals surface area contributed by atoms with Crippen LogP contribution < -0.4 is 0 Å². The van der Waals surface area contributed by atoms with Crippen LogP contribution in [0, 0.1) is 6.61 Å². The summed E-state index contributed by atoms with van der Waals surface area (Å²) < 4.78 is 0. The van der Waals surface area contributed by atoms with Gasteiger partial charge in [-0.3, -0.25) is 0 Å². The van der Waals surface area contributed by atoms with E-state index >= 15 is 0 Å². The third-order valence-electron chi connectivity index (χ3n) is 0.0956. The zero-order valence-electron chi connectivity index (χ0n) is 2.30. The molecule has 0 fully saturated rings. The van der Waals surface area contributed by atoms with Crippen molar-refractivity contribution in [1.82, 2.24) is 0 Å². The van der Waals surface area contributed by atoms with Gasteiger partial charge >= 0.3 is 5.97 Å². The first-order valence-corrected chi connectivity index (χ1v) is 0.901. The number of carboxylic acids is 1. The predicted octanol–water partition coefficient (Wildman–Crippen LogP) is -0.518. The molecular weight excluding hydrogens is 72.0 g/mol. The van der Waals surface area contributed by atoms with Crippen molar-refractivity contribution >= 4 is 5.97 Å². The summed E-state index contributed by atoms with van der Waals surface area (Å²) in [6, 6.07) is 0. The molecule has 2 radical (unpaired) electrons. The van der Waals surface area contributed by atoms with Crippen molar-refractivity contribution in [2.75, 3.05) is 0 Å². The van der Waals surface area contributed by atoms with Crippen LogP contribution in [0.3, 0.4) is 0 Å². The van der Waals surface area contributed by atoms with Gasteiger partial charge in [-0.25, -0.2) is 4.79 Å². The molecule has 0 spiro atoms. The average molecular weight is 74.0 g/mol. The molecule has 0 aliphatic carbocycles. The zero-order valence-corrected chi connectivity index (χ0v) is 2.30. The van der Waals surface area contributed by atoms with E-state index in [2.05, 4.69) is 0 Å². The van der Waals surface area contributed by atoms with Crippen LogP contribution in [0.15, 0.2) is 0 Å². The van der Waals surface area contributed by atoms with E-state index in [1.54, 1.807) is 0 Å². The summed E-state index contributed by atoms with van der Waals surface area (Å²) in [6.07, 6.45) is 0. The van der Waals surface area contributed by atoms with Crippen molar-refractivity contribution in [2.45, 2.75) is 0 Å². The molecule has 0 saturated heterocycles. The number of carbonyl (C=O) groups is 1. The molecule has 28 valence electrons. The Morgan fingerprint density at radius 3 is 2.00 bits per heavy atom. The summed E-state index contributed by atoms with van der Waals surface area (Å²) in [6.45, 7) is 0.944. The van der Waals surface area contributed by atoms with Crippen molar-refractivity contribution in [2.24, 2.45) is 0 Å². The predicted molar refractivity (Wildman–Crippen MR) is 12.8 cm³/mol. The van der Waals surface area contributed by atoms with E-state index in [1.165, 1.54) is 0 Å². The molecule has 0 saturated carbocycles. The quantitative estimate of drug-likeness (QED) is 0.440. The van der Waals surface area contributed by atoms with Gasteiger partial charge in [0.05, 0.1) is 0 Å². The average Bonchev–Trinajstić information content (AvgIpc) is 1.38. The lowest BCUT2D eigenvalue weighted by Crippen LogP contribution is -1.91. The number of aliphatic hydroxyl groups is 1. The Labute approximate surface area is 28.9 Å². The first kappa shape index (κ1) is 4.43. The second kappa shape index (κ2) is 1.72. The van der Waals surface area contributed by atoms with E-state index in [4.69, 9.17) is 15.0 Å². The highest BCUT2D eigenvalue weighted by Gasteiger charge is 1.86. The molecule has 5 heavy (non-hydrogen) atoms. The molecular formula is C2H2O3. The summed E-state index contributed by atoms with van der Waals surface area (Å²) in [7, 11) is 0. The van der Waals surface area contributed by atoms with Gasteiger partial charge in [0.15, 0.2) is 0 Å². The second-order valence-corrected chi connectivity index (χ2v) is 0.417. The topological polar surface area (TPSA) is 57.5 Å². The van der Waals surface area contributed by atoms with Crippen LogP contribution in [0.2, 0.25) is 0 Å². The molecule has 3 nitrogen and oxygen atoms in total. The number of carboxylic acid groups (broad SMARTS) is 1. The fourth-order valence-electron chi connectivity index (χ4n) is 0. The standard InChI is InChI=1S/C2H2O3/c3-1-2(4)5/h3H,(H,4,5). The summed E-state index contributed by atoms with van der Waals surface area (Å²) in [4.78, 5) is 9.01. The lowest BCUT2D eigenvalue weighted by Gasteiger charge is -1.68. The summed E-state index contributed by atoms with van der Waals surface area (Å²) in [5.74, 6) is -1.44. The molecule has 0 aromatic heterocycles. The molecule has 0 amide bonds. The van der Waals surface area contributed by atoms with Gasteiger partial charge in [0.2, 0.25) is 6.61 Å². The Balaban J connectivity index is 2.85. The largest absolute Gasteiger partial charge is 0.479 e. The van der Waals surface area contributed by atoms with E-state index in [9.17, 15) is 0 Å². The molecule has 3 heteroatoms. The molecule has 0 rings (SSSR count). The van der Waals surface area contributed by atoms with Crippen LogP contribution in [-0.2, 0) is 4.79 Å². The molecule has 0 bridgehead atoms. The number of rotatable bonds is 1. The van der Waals surface area contributed by atoms with Gasteiger partial charge in [0.1, 0.15) is 0 Å². The Bertz CT molecular complexity index is 40.2. The summed E-state index contributed by atoms with van der Waals surface area (Å²) >= 11 is 0. The lowest BCUT2D eigenvalue weighted by atomic mass is 10.8. The molecule has 0 aromatic carbocycles. The number of aliphatic carboxylic acids is 1. The first-order valence-electron chi connectivity index (χ1n) is 0.901. The molecule has 0 aliphatic rings. The first-order chi connectivity index (χ1) is 2.27. The van der Waals surface area contributed by atoms with Crippen LogP contribution in [0.1, 0.15) is 0 Å². The van der Waals surface area contributed by atoms with Crippen molar-refractivity contribution in [3.8, 4) is 0 Å². The van der Waals surface area contributed by atoms with Gasteiger partial charge in [-0.2, -0.15) is 0 Å². The maximum absolute atomic E-state index is 9.01. The fourth-order valence-corrected chi connectivity index (χ4v) is 0. The van der Waals surface area contributed by atoms with Gasteiger partial charge in [0, 0.05) is 0 Å². The minimum Gasteiger partial charge on any atom is -0.479 e. The molecule has 0 unspecified atom stereocenters. The van der Waals surface area contributed by atoms with Crippen LogP contribution in [0.4, 0.5) is 0 Å². The lowest BCUT2D eigenvalue weighted by molar-refractivity contribution is -0.136. The van der Waals surface area contributed by atoms with Crippen molar-refractivity contribution in [3.05, 3.63) is 6.61 Å². The van der Waals surface area contributed by atoms with Crippen LogP contribution in [0.5, 0.6) is 0 Å². The van der Waals surface area contributed by atoms with E-state index in [-0.39, 0.29) is 0 Å². The fraction of sp³-hybridized carbons (Fsp3) is 0. The van der Waals surface area contributed by atoms with E-state index in [0.29, 0.717) is 0 Å². The highest BCUT2D eigenvalue weighted by atomic mass is 16.4. The smallest absolute Gasteiger partial charge is 0.343 e. The SMILES string of the molecule is O=C(O)[C]O. The highest BCUT2D eigenvalue weighted by molar-refractivity contribution is 5.74. The van der Waals surface area contributed by atoms with Gasteiger partial charge in [-0.15, -0.1) is 0 Å². The van der Waals surface area contributed by atoms with Gasteiger partial charge in [-0.05, 0) is 0 Å². The minimum absolute atomic E-state index is 0.944. The molecule has 2 N–H and O–H groups in total. The maximum Gasteiger partial charge on any atom is 0.343 e. The second-order valence-electron chi connectivity index (χ2n) is 0.417. The van der Waals surface area contributed by atoms with Crippen molar-refractivity contribution < 1.29 is 15.0 Å². The molecule has 0 aromatic rings. The molecule has 0 heterocycles. The number of aliphatic hydroxyl groups excluding tert-OH is 1. The normalized spacial score (nSPS) is 7.40. The Morgan fingerprint density at radius 2 is 2.00 bits per heavy atom. The van der Waals surface area contributed by atoms with Crippen molar-refractivity contribution in [3.63, 3.8) is 0 Å². The van der Waals surface area contributed by atoms with Crippen LogP contribution in [0.25, 0.3) is 0 Å². The van der Waals surface area contributed by atoms with E-state index in [0.717, 1.165) is 6.61 Å². The van der Waals surface area contributed by atoms with Crippen LogP contribution >= 0.6 is 0 Å². The zero-order chi connectivity index (χ0) is 4.28. The summed E-state index contributed by atoms with van der Waals surface area (Å²) in [5.41, 5.74) is 0. The number of hydrogen-bond acceptors (Lipinski definition) is 2. The third-order valence-corrected chi connectivity index (χ3v) is 0.0956. The van der Waals surface area contributed by atoms with E-state index < -0.39 is 5.97 Å². The minimum atomic E-state index is -1.44. The molecule has 0 atom stereocenters.